The number of rotatable bonds is 4. The van der Waals surface area contributed by atoms with Crippen LogP contribution >= 0.6 is 0 Å². The lowest BCUT2D eigenvalue weighted by molar-refractivity contribution is 0.170. The molecule has 0 aliphatic heterocycles. The normalized spacial score (nSPS) is 12.7. The molecule has 2 rings (SSSR count). The van der Waals surface area contributed by atoms with Gasteiger partial charge in [-0.05, 0) is 36.5 Å². The smallest absolute Gasteiger partial charge is 0.0578 e. The predicted octanol–water partition coefficient (Wildman–Crippen LogP) is 2.71. The second kappa shape index (κ2) is 5.36. The maximum atomic E-state index is 9.78. The number of aromatic nitrogens is 2. The first-order chi connectivity index (χ1) is 8.60. The summed E-state index contributed by atoms with van der Waals surface area (Å²) in [5, 5.41) is 14.0. The Hall–Kier alpha value is -1.61. The zero-order chi connectivity index (χ0) is 13.1. The molecular weight excluding hydrogens is 224 g/mol. The van der Waals surface area contributed by atoms with Crippen molar-refractivity contribution < 1.29 is 5.11 Å². The monoisotopic (exact) mass is 244 g/mol. The van der Waals surface area contributed by atoms with E-state index in [2.05, 4.69) is 30.2 Å². The number of nitrogens with zero attached hydrogens (tertiary/aromatic N) is 2. The molecule has 18 heavy (non-hydrogen) atoms. The quantitative estimate of drug-likeness (QED) is 0.898. The van der Waals surface area contributed by atoms with Gasteiger partial charge in [-0.3, -0.25) is 4.68 Å². The third kappa shape index (κ3) is 2.79. The topological polar surface area (TPSA) is 38.1 Å². The van der Waals surface area contributed by atoms with Crippen LogP contribution in [0.2, 0.25) is 0 Å². The van der Waals surface area contributed by atoms with Crippen LogP contribution in [0.1, 0.15) is 24.5 Å². The maximum absolute atomic E-state index is 9.78. The van der Waals surface area contributed by atoms with E-state index in [4.69, 9.17) is 0 Å². The highest BCUT2D eigenvalue weighted by atomic mass is 16.3. The predicted molar refractivity (Wildman–Crippen MR) is 73.4 cm³/mol. The number of aliphatic hydroxyl groups is 1. The van der Waals surface area contributed by atoms with Gasteiger partial charge in [0.05, 0.1) is 12.3 Å². The first kappa shape index (κ1) is 12.8. The van der Waals surface area contributed by atoms with E-state index in [1.807, 2.05) is 26.4 Å². The Morgan fingerprint density at radius 2 is 2.11 bits per heavy atom. The number of hydrogen-bond acceptors (Lipinski definition) is 2. The molecule has 0 aliphatic carbocycles. The lowest BCUT2D eigenvalue weighted by Gasteiger charge is -2.11. The molecule has 96 valence electrons. The molecule has 0 saturated heterocycles. The van der Waals surface area contributed by atoms with Crippen LogP contribution < -0.4 is 0 Å². The Morgan fingerprint density at radius 3 is 2.72 bits per heavy atom. The van der Waals surface area contributed by atoms with E-state index in [1.54, 1.807) is 4.68 Å². The Labute approximate surface area is 108 Å². The van der Waals surface area contributed by atoms with Crippen LogP contribution in [0.5, 0.6) is 0 Å². The second-order valence-electron chi connectivity index (χ2n) is 4.81. The summed E-state index contributed by atoms with van der Waals surface area (Å²) in [6.45, 7) is 4.09. The summed E-state index contributed by atoms with van der Waals surface area (Å²) in [6, 6.07) is 6.37. The Bertz CT molecular complexity index is 531. The van der Waals surface area contributed by atoms with Gasteiger partial charge in [0, 0.05) is 18.8 Å². The minimum Gasteiger partial charge on any atom is -0.393 e. The summed E-state index contributed by atoms with van der Waals surface area (Å²) in [4.78, 5) is 0. The zero-order valence-electron chi connectivity index (χ0n) is 11.2. The molecule has 0 radical (unpaired) electrons. The van der Waals surface area contributed by atoms with Crippen molar-refractivity contribution in [1.29, 1.82) is 0 Å². The molecule has 2 aromatic rings. The molecular formula is C15H20N2O. The van der Waals surface area contributed by atoms with E-state index in [0.29, 0.717) is 0 Å². The molecule has 0 spiro atoms. The number of hydrogen-bond donors (Lipinski definition) is 1. The van der Waals surface area contributed by atoms with Crippen molar-refractivity contribution in [2.75, 3.05) is 0 Å². The van der Waals surface area contributed by atoms with Crippen LogP contribution in [0.4, 0.5) is 0 Å². The van der Waals surface area contributed by atoms with Crippen molar-refractivity contribution >= 4 is 0 Å². The van der Waals surface area contributed by atoms with Gasteiger partial charge in [-0.25, -0.2) is 0 Å². The molecule has 1 heterocycles. The van der Waals surface area contributed by atoms with Gasteiger partial charge in [-0.1, -0.05) is 25.1 Å². The van der Waals surface area contributed by atoms with Crippen LogP contribution in [0, 0.1) is 6.92 Å². The molecule has 0 fully saturated rings. The van der Waals surface area contributed by atoms with Crippen molar-refractivity contribution in [3.05, 3.63) is 41.7 Å². The van der Waals surface area contributed by atoms with Gasteiger partial charge >= 0.3 is 0 Å². The molecule has 1 aromatic carbocycles. The Kier molecular flexibility index (Phi) is 3.82. The van der Waals surface area contributed by atoms with Crippen molar-refractivity contribution in [3.8, 4) is 11.1 Å². The first-order valence-electron chi connectivity index (χ1n) is 6.36. The summed E-state index contributed by atoms with van der Waals surface area (Å²) in [5.74, 6) is 0. The average Bonchev–Trinajstić information content (AvgIpc) is 2.78. The van der Waals surface area contributed by atoms with E-state index in [0.717, 1.165) is 24.0 Å². The van der Waals surface area contributed by atoms with Crippen LogP contribution in [-0.4, -0.2) is 21.0 Å². The third-order valence-corrected chi connectivity index (χ3v) is 3.31. The van der Waals surface area contributed by atoms with Gasteiger partial charge < -0.3 is 5.11 Å². The summed E-state index contributed by atoms with van der Waals surface area (Å²) < 4.78 is 1.80. The fraction of sp³-hybridized carbons (Fsp3) is 0.400. The number of aliphatic hydroxyl groups excluding tert-OH is 1. The minimum absolute atomic E-state index is 0.257. The molecule has 0 saturated carbocycles. The highest BCUT2D eigenvalue weighted by Crippen LogP contribution is 2.23. The Balaban J connectivity index is 2.31. The van der Waals surface area contributed by atoms with Gasteiger partial charge in [0.1, 0.15) is 0 Å². The number of benzene rings is 1. The van der Waals surface area contributed by atoms with E-state index in [1.165, 1.54) is 11.1 Å². The number of aryl methyl sites for hydroxylation is 2. The largest absolute Gasteiger partial charge is 0.393 e. The van der Waals surface area contributed by atoms with Crippen LogP contribution in [0.25, 0.3) is 11.1 Å². The van der Waals surface area contributed by atoms with Crippen molar-refractivity contribution in [2.45, 2.75) is 32.8 Å². The van der Waals surface area contributed by atoms with Gasteiger partial charge in [-0.15, -0.1) is 0 Å². The maximum Gasteiger partial charge on any atom is 0.0578 e. The van der Waals surface area contributed by atoms with Gasteiger partial charge in [-0.2, -0.15) is 5.10 Å². The highest BCUT2D eigenvalue weighted by molar-refractivity contribution is 5.63. The van der Waals surface area contributed by atoms with Crippen LogP contribution in [-0.2, 0) is 13.5 Å². The third-order valence-electron chi connectivity index (χ3n) is 3.31. The lowest BCUT2D eigenvalue weighted by Crippen LogP contribution is -2.09. The van der Waals surface area contributed by atoms with Crippen LogP contribution in [0.15, 0.2) is 30.6 Å². The SMILES string of the molecule is CCC(O)Cc1cc(-c2cnn(C)c2)ccc1C. The molecule has 0 amide bonds. The molecule has 3 nitrogen and oxygen atoms in total. The van der Waals surface area contributed by atoms with E-state index in [9.17, 15) is 5.11 Å². The summed E-state index contributed by atoms with van der Waals surface area (Å²) in [7, 11) is 1.92. The van der Waals surface area contributed by atoms with Crippen LogP contribution in [0.3, 0.4) is 0 Å². The zero-order valence-corrected chi connectivity index (χ0v) is 11.2. The highest BCUT2D eigenvalue weighted by Gasteiger charge is 2.08. The summed E-state index contributed by atoms with van der Waals surface area (Å²) in [5.41, 5.74) is 4.72. The molecule has 1 N–H and O–H groups in total. The fourth-order valence-corrected chi connectivity index (χ4v) is 2.04. The second-order valence-corrected chi connectivity index (χ2v) is 4.81. The van der Waals surface area contributed by atoms with Crippen molar-refractivity contribution in [2.24, 2.45) is 7.05 Å². The van der Waals surface area contributed by atoms with E-state index < -0.39 is 0 Å². The summed E-state index contributed by atoms with van der Waals surface area (Å²) >= 11 is 0. The van der Waals surface area contributed by atoms with Gasteiger partial charge in [0.2, 0.25) is 0 Å². The molecule has 1 unspecified atom stereocenters. The lowest BCUT2D eigenvalue weighted by atomic mass is 9.97. The van der Waals surface area contributed by atoms with E-state index in [-0.39, 0.29) is 6.10 Å². The molecule has 0 aliphatic rings. The molecule has 1 atom stereocenters. The standard InChI is InChI=1S/C15H20N2O/c1-4-15(18)8-13-7-12(6-5-11(13)2)14-9-16-17(3)10-14/h5-7,9-10,15,18H,4,8H2,1-3H3. The minimum atomic E-state index is -0.257. The molecule has 1 aromatic heterocycles. The first-order valence-corrected chi connectivity index (χ1v) is 6.36. The van der Waals surface area contributed by atoms with Gasteiger partial charge in [0.15, 0.2) is 0 Å². The van der Waals surface area contributed by atoms with Gasteiger partial charge in [0.25, 0.3) is 0 Å². The van der Waals surface area contributed by atoms with Crippen molar-refractivity contribution in [1.82, 2.24) is 9.78 Å². The average molecular weight is 244 g/mol. The summed E-state index contributed by atoms with van der Waals surface area (Å²) in [6.07, 6.45) is 5.12. The molecule has 0 bridgehead atoms. The van der Waals surface area contributed by atoms with Crippen molar-refractivity contribution in [3.63, 3.8) is 0 Å². The molecule has 3 heteroatoms. The fourth-order valence-electron chi connectivity index (χ4n) is 2.04. The Morgan fingerprint density at radius 1 is 1.33 bits per heavy atom. The van der Waals surface area contributed by atoms with E-state index >= 15 is 0 Å².